The van der Waals surface area contributed by atoms with Gasteiger partial charge >= 0.3 is 11.8 Å². The van der Waals surface area contributed by atoms with Crippen molar-refractivity contribution < 1.29 is 22.4 Å². The van der Waals surface area contributed by atoms with Gasteiger partial charge in [-0.2, -0.15) is 0 Å². The summed E-state index contributed by atoms with van der Waals surface area (Å²) in [6, 6.07) is 8.10. The highest BCUT2D eigenvalue weighted by atomic mass is 32.2. The molecule has 0 saturated heterocycles. The predicted octanol–water partition coefficient (Wildman–Crippen LogP) is 2.29. The number of hydrogen-bond acceptors (Lipinski definition) is 5. The molecular formula is C18H21FN2O4S2. The Hall–Kier alpha value is -2.26. The van der Waals surface area contributed by atoms with Gasteiger partial charge in [0.05, 0.1) is 0 Å². The number of halogens is 1. The van der Waals surface area contributed by atoms with Crippen molar-refractivity contribution in [2.75, 3.05) is 13.1 Å². The summed E-state index contributed by atoms with van der Waals surface area (Å²) in [4.78, 5) is 23.8. The Bertz CT molecular complexity index is 879. The summed E-state index contributed by atoms with van der Waals surface area (Å²) in [5.74, 6) is -2.06. The smallest absolute Gasteiger partial charge is 0.309 e. The summed E-state index contributed by atoms with van der Waals surface area (Å²) in [6.07, 6.45) is 0. The fourth-order valence-electron chi connectivity index (χ4n) is 2.29. The van der Waals surface area contributed by atoms with E-state index in [1.54, 1.807) is 11.4 Å². The highest BCUT2D eigenvalue weighted by Crippen LogP contribution is 2.31. The summed E-state index contributed by atoms with van der Waals surface area (Å²) >= 11 is 1.05. The van der Waals surface area contributed by atoms with Crippen molar-refractivity contribution >= 4 is 33.0 Å². The first-order chi connectivity index (χ1) is 12.7. The largest absolute Gasteiger partial charge is 0.348 e. The molecular weight excluding hydrogens is 391 g/mol. The van der Waals surface area contributed by atoms with Gasteiger partial charge in [0.15, 0.2) is 9.84 Å². The molecule has 0 saturated carbocycles. The van der Waals surface area contributed by atoms with Crippen LogP contribution in [-0.4, -0.2) is 33.3 Å². The van der Waals surface area contributed by atoms with Gasteiger partial charge in [-0.05, 0) is 35.1 Å². The zero-order valence-electron chi connectivity index (χ0n) is 14.9. The maximum Gasteiger partial charge on any atom is 0.309 e. The molecule has 146 valence electrons. The first-order valence-electron chi connectivity index (χ1n) is 8.30. The van der Waals surface area contributed by atoms with E-state index < -0.39 is 32.7 Å². The van der Waals surface area contributed by atoms with E-state index in [1.165, 1.54) is 18.2 Å². The Kier molecular flexibility index (Phi) is 7.09. The van der Waals surface area contributed by atoms with Crippen molar-refractivity contribution in [3.8, 4) is 0 Å². The lowest BCUT2D eigenvalue weighted by Crippen LogP contribution is -2.43. The van der Waals surface area contributed by atoms with Crippen LogP contribution in [0.4, 0.5) is 4.39 Å². The highest BCUT2D eigenvalue weighted by Gasteiger charge is 2.31. The second-order valence-corrected chi connectivity index (χ2v) is 9.64. The van der Waals surface area contributed by atoms with Crippen LogP contribution in [0.1, 0.15) is 24.7 Å². The summed E-state index contributed by atoms with van der Waals surface area (Å²) < 4.78 is 39.2. The van der Waals surface area contributed by atoms with Gasteiger partial charge < -0.3 is 10.6 Å². The van der Waals surface area contributed by atoms with Crippen LogP contribution >= 0.6 is 11.3 Å². The molecule has 1 aromatic heterocycles. The van der Waals surface area contributed by atoms with Crippen LogP contribution in [0, 0.1) is 11.7 Å². The first-order valence-corrected chi connectivity index (χ1v) is 10.7. The SMILES string of the molecule is CC(C)CNC(=O)C(=O)NC[C@H](c1ccc(F)cc1)S(=O)(=O)c1cccs1. The number of sulfone groups is 1. The second kappa shape index (κ2) is 9.09. The molecule has 6 nitrogen and oxygen atoms in total. The van der Waals surface area contributed by atoms with Gasteiger partial charge in [-0.25, -0.2) is 12.8 Å². The number of carbonyl (C=O) groups is 2. The Morgan fingerprint density at radius 2 is 1.63 bits per heavy atom. The minimum Gasteiger partial charge on any atom is -0.348 e. The molecule has 0 aliphatic carbocycles. The molecule has 0 spiro atoms. The number of amides is 2. The van der Waals surface area contributed by atoms with Crippen LogP contribution in [0.5, 0.6) is 0 Å². The van der Waals surface area contributed by atoms with Crippen LogP contribution in [0.15, 0.2) is 46.0 Å². The van der Waals surface area contributed by atoms with Gasteiger partial charge in [-0.15, -0.1) is 11.3 Å². The zero-order valence-corrected chi connectivity index (χ0v) is 16.6. The summed E-state index contributed by atoms with van der Waals surface area (Å²) in [5.41, 5.74) is 0.327. The molecule has 2 N–H and O–H groups in total. The lowest BCUT2D eigenvalue weighted by molar-refractivity contribution is -0.139. The molecule has 2 aromatic rings. The third-order valence-electron chi connectivity index (χ3n) is 3.72. The van der Waals surface area contributed by atoms with Crippen molar-refractivity contribution in [1.29, 1.82) is 0 Å². The molecule has 1 atom stereocenters. The maximum atomic E-state index is 13.2. The van der Waals surface area contributed by atoms with E-state index in [4.69, 9.17) is 0 Å². The molecule has 1 aromatic carbocycles. The summed E-state index contributed by atoms with van der Waals surface area (Å²) in [5, 5.41) is 5.33. The first kappa shape index (κ1) is 21.0. The third kappa shape index (κ3) is 5.61. The lowest BCUT2D eigenvalue weighted by atomic mass is 10.1. The monoisotopic (exact) mass is 412 g/mol. The average molecular weight is 413 g/mol. The molecule has 0 bridgehead atoms. The number of carbonyl (C=O) groups excluding carboxylic acids is 2. The zero-order chi connectivity index (χ0) is 20.0. The van der Waals surface area contributed by atoms with E-state index in [-0.39, 0.29) is 16.7 Å². The van der Waals surface area contributed by atoms with Crippen LogP contribution < -0.4 is 10.6 Å². The van der Waals surface area contributed by atoms with Crippen molar-refractivity contribution in [3.05, 3.63) is 53.2 Å². The fourth-order valence-corrected chi connectivity index (χ4v) is 5.16. The Morgan fingerprint density at radius 1 is 1.04 bits per heavy atom. The molecule has 9 heteroatoms. The predicted molar refractivity (Wildman–Crippen MR) is 102 cm³/mol. The number of hydrogen-bond donors (Lipinski definition) is 2. The van der Waals surface area contributed by atoms with Crippen molar-refractivity contribution in [1.82, 2.24) is 10.6 Å². The average Bonchev–Trinajstić information content (AvgIpc) is 3.16. The van der Waals surface area contributed by atoms with E-state index >= 15 is 0 Å². The molecule has 2 rings (SSSR count). The van der Waals surface area contributed by atoms with E-state index in [0.29, 0.717) is 12.1 Å². The lowest BCUT2D eigenvalue weighted by Gasteiger charge is -2.18. The van der Waals surface area contributed by atoms with Gasteiger partial charge in [0.25, 0.3) is 0 Å². The summed E-state index contributed by atoms with van der Waals surface area (Å²) in [6.45, 7) is 3.80. The number of nitrogens with one attached hydrogen (secondary N) is 2. The Morgan fingerprint density at radius 3 is 2.15 bits per heavy atom. The van der Waals surface area contributed by atoms with Crippen LogP contribution in [-0.2, 0) is 19.4 Å². The fraction of sp³-hybridized carbons (Fsp3) is 0.333. The minimum absolute atomic E-state index is 0.135. The Labute approximate surface area is 161 Å². The second-order valence-electron chi connectivity index (χ2n) is 6.33. The number of rotatable bonds is 7. The van der Waals surface area contributed by atoms with E-state index in [1.807, 2.05) is 13.8 Å². The van der Waals surface area contributed by atoms with Crippen molar-refractivity contribution in [2.24, 2.45) is 5.92 Å². The van der Waals surface area contributed by atoms with Crippen LogP contribution in [0.3, 0.4) is 0 Å². The van der Waals surface area contributed by atoms with Gasteiger partial charge in [0.2, 0.25) is 0 Å². The topological polar surface area (TPSA) is 92.3 Å². The molecule has 0 unspecified atom stereocenters. The minimum atomic E-state index is -3.82. The molecule has 0 radical (unpaired) electrons. The molecule has 0 fully saturated rings. The van der Waals surface area contributed by atoms with Crippen molar-refractivity contribution in [2.45, 2.75) is 23.3 Å². The Balaban J connectivity index is 2.20. The van der Waals surface area contributed by atoms with E-state index in [2.05, 4.69) is 10.6 Å². The number of thiophene rings is 1. The quantitative estimate of drug-likeness (QED) is 0.683. The maximum absolute atomic E-state index is 13.2. The summed E-state index contributed by atoms with van der Waals surface area (Å²) in [7, 11) is -3.82. The van der Waals surface area contributed by atoms with Gasteiger partial charge in [-0.1, -0.05) is 32.0 Å². The number of benzene rings is 1. The normalized spacial score (nSPS) is 12.6. The van der Waals surface area contributed by atoms with Crippen LogP contribution in [0.2, 0.25) is 0 Å². The van der Waals surface area contributed by atoms with Gasteiger partial charge in [-0.3, -0.25) is 9.59 Å². The molecule has 27 heavy (non-hydrogen) atoms. The van der Waals surface area contributed by atoms with Crippen molar-refractivity contribution in [3.63, 3.8) is 0 Å². The molecule has 2 amide bonds. The van der Waals surface area contributed by atoms with E-state index in [0.717, 1.165) is 23.5 Å². The van der Waals surface area contributed by atoms with Gasteiger partial charge in [0, 0.05) is 13.1 Å². The molecule has 1 heterocycles. The standard InChI is InChI=1S/C18H21FN2O4S2/c1-12(2)10-20-17(22)18(23)21-11-15(13-5-7-14(19)8-6-13)27(24,25)16-4-3-9-26-16/h3-9,12,15H,10-11H2,1-2H3,(H,20,22)(H,21,23)/t15-/m1/s1. The highest BCUT2D eigenvalue weighted by molar-refractivity contribution is 7.93. The molecule has 0 aliphatic heterocycles. The van der Waals surface area contributed by atoms with Crippen LogP contribution in [0.25, 0.3) is 0 Å². The third-order valence-corrected chi connectivity index (χ3v) is 7.25. The van der Waals surface area contributed by atoms with E-state index in [9.17, 15) is 22.4 Å². The molecule has 0 aliphatic rings. The van der Waals surface area contributed by atoms with Gasteiger partial charge in [0.1, 0.15) is 15.3 Å².